The summed E-state index contributed by atoms with van der Waals surface area (Å²) in [5.74, 6) is -1.56. The number of halogens is 2. The highest BCUT2D eigenvalue weighted by atomic mass is 127. The Kier molecular flexibility index (Phi) is 2.83. The molecule has 0 aliphatic rings. The number of amides is 1. The summed E-state index contributed by atoms with van der Waals surface area (Å²) in [5.41, 5.74) is 4.92. The maximum Gasteiger partial charge on any atom is 0.251 e. The van der Waals surface area contributed by atoms with Crippen LogP contribution in [-0.4, -0.2) is 5.91 Å². The zero-order valence-electron chi connectivity index (χ0n) is 6.34. The van der Waals surface area contributed by atoms with Crippen LogP contribution in [0.25, 0.3) is 0 Å². The van der Waals surface area contributed by atoms with E-state index in [0.717, 1.165) is 0 Å². The molecule has 0 aliphatic heterocycles. The predicted octanol–water partition coefficient (Wildman–Crippen LogP) is 1.40. The number of hydrogen-bond donors (Lipinski definition) is 1. The van der Waals surface area contributed by atoms with Gasteiger partial charge in [0.05, 0.1) is 14.7 Å². The van der Waals surface area contributed by atoms with Crippen LogP contribution in [0.15, 0.2) is 12.1 Å². The van der Waals surface area contributed by atoms with Crippen LogP contribution in [0.4, 0.5) is 4.39 Å². The summed E-state index contributed by atoms with van der Waals surface area (Å²) in [5, 5.41) is 8.53. The van der Waals surface area contributed by atoms with Gasteiger partial charge in [-0.25, -0.2) is 4.39 Å². The Labute approximate surface area is 87.5 Å². The fourth-order valence-electron chi connectivity index (χ4n) is 0.826. The molecule has 0 atom stereocenters. The lowest BCUT2D eigenvalue weighted by Crippen LogP contribution is -2.14. The van der Waals surface area contributed by atoms with Crippen LogP contribution in [0, 0.1) is 20.7 Å². The minimum Gasteiger partial charge on any atom is -0.366 e. The predicted molar refractivity (Wildman–Crippen MR) is 52.3 cm³/mol. The molecule has 13 heavy (non-hydrogen) atoms. The van der Waals surface area contributed by atoms with Crippen LogP contribution in [-0.2, 0) is 0 Å². The Morgan fingerprint density at radius 3 is 2.69 bits per heavy atom. The first-order valence-corrected chi connectivity index (χ1v) is 4.33. The van der Waals surface area contributed by atoms with Crippen molar-refractivity contribution in [3.05, 3.63) is 32.6 Å². The zero-order chi connectivity index (χ0) is 10.0. The summed E-state index contributed by atoms with van der Waals surface area (Å²) in [6.07, 6.45) is 0. The first kappa shape index (κ1) is 9.92. The molecule has 66 valence electrons. The fraction of sp³-hybridized carbons (Fsp3) is 0. The van der Waals surface area contributed by atoms with Crippen molar-refractivity contribution in [3.63, 3.8) is 0 Å². The lowest BCUT2D eigenvalue weighted by molar-refractivity contribution is 0.0996. The smallest absolute Gasteiger partial charge is 0.251 e. The number of rotatable bonds is 1. The molecule has 1 rings (SSSR count). The van der Waals surface area contributed by atoms with Crippen molar-refractivity contribution in [2.24, 2.45) is 5.73 Å². The van der Waals surface area contributed by atoms with Gasteiger partial charge in [-0.1, -0.05) is 0 Å². The highest BCUT2D eigenvalue weighted by Crippen LogP contribution is 2.18. The van der Waals surface area contributed by atoms with Gasteiger partial charge in [0.2, 0.25) is 0 Å². The Balaban J connectivity index is 3.42. The molecule has 2 N–H and O–H groups in total. The molecule has 1 aromatic rings. The van der Waals surface area contributed by atoms with E-state index in [1.54, 1.807) is 28.7 Å². The van der Waals surface area contributed by atoms with E-state index in [2.05, 4.69) is 0 Å². The SMILES string of the molecule is N#Cc1ccc(C(N)=O)c(F)c1I. The summed E-state index contributed by atoms with van der Waals surface area (Å²) in [6.45, 7) is 0. The summed E-state index contributed by atoms with van der Waals surface area (Å²) in [7, 11) is 0. The van der Waals surface area contributed by atoms with Gasteiger partial charge in [-0.15, -0.1) is 0 Å². The normalized spacial score (nSPS) is 9.31. The molecule has 0 fully saturated rings. The number of nitrogens with zero attached hydrogens (tertiary/aromatic N) is 1. The van der Waals surface area contributed by atoms with Gasteiger partial charge in [0.1, 0.15) is 6.07 Å². The molecule has 0 aromatic heterocycles. The number of benzene rings is 1. The molecule has 3 nitrogen and oxygen atoms in total. The van der Waals surface area contributed by atoms with Crippen molar-refractivity contribution in [2.45, 2.75) is 0 Å². The van der Waals surface area contributed by atoms with Crippen molar-refractivity contribution in [1.82, 2.24) is 0 Å². The highest BCUT2D eigenvalue weighted by Gasteiger charge is 2.13. The second-order valence-corrected chi connectivity index (χ2v) is 3.34. The maximum atomic E-state index is 13.2. The van der Waals surface area contributed by atoms with Gasteiger partial charge in [0.25, 0.3) is 5.91 Å². The largest absolute Gasteiger partial charge is 0.366 e. The average molecular weight is 290 g/mol. The average Bonchev–Trinajstić information content (AvgIpc) is 2.09. The number of hydrogen-bond acceptors (Lipinski definition) is 2. The zero-order valence-corrected chi connectivity index (χ0v) is 8.50. The quantitative estimate of drug-likeness (QED) is 0.794. The van der Waals surface area contributed by atoms with Gasteiger partial charge < -0.3 is 5.73 Å². The van der Waals surface area contributed by atoms with Crippen molar-refractivity contribution in [3.8, 4) is 6.07 Å². The summed E-state index contributed by atoms with van der Waals surface area (Å²) in [4.78, 5) is 10.7. The van der Waals surface area contributed by atoms with Crippen molar-refractivity contribution in [1.29, 1.82) is 5.26 Å². The third-order valence-corrected chi connectivity index (χ3v) is 2.52. The Morgan fingerprint density at radius 2 is 2.23 bits per heavy atom. The molecule has 0 aliphatic carbocycles. The Morgan fingerprint density at radius 1 is 1.62 bits per heavy atom. The lowest BCUT2D eigenvalue weighted by atomic mass is 10.1. The van der Waals surface area contributed by atoms with Crippen LogP contribution in [0.1, 0.15) is 15.9 Å². The van der Waals surface area contributed by atoms with Gasteiger partial charge in [0.15, 0.2) is 5.82 Å². The van der Waals surface area contributed by atoms with E-state index < -0.39 is 11.7 Å². The van der Waals surface area contributed by atoms with Crippen LogP contribution in [0.5, 0.6) is 0 Å². The monoisotopic (exact) mass is 290 g/mol. The highest BCUT2D eigenvalue weighted by molar-refractivity contribution is 14.1. The van der Waals surface area contributed by atoms with Crippen LogP contribution in [0.2, 0.25) is 0 Å². The van der Waals surface area contributed by atoms with Gasteiger partial charge in [-0.3, -0.25) is 4.79 Å². The first-order valence-electron chi connectivity index (χ1n) is 3.26. The number of carbonyl (C=O) groups excluding carboxylic acids is 1. The molecule has 0 saturated carbocycles. The molecular formula is C8H4FIN2O. The van der Waals surface area contributed by atoms with E-state index in [4.69, 9.17) is 11.0 Å². The third kappa shape index (κ3) is 1.78. The van der Waals surface area contributed by atoms with E-state index in [1.165, 1.54) is 12.1 Å². The lowest BCUT2D eigenvalue weighted by Gasteiger charge is -2.01. The van der Waals surface area contributed by atoms with Crippen LogP contribution in [0.3, 0.4) is 0 Å². The Hall–Kier alpha value is -1.16. The van der Waals surface area contributed by atoms with Crippen LogP contribution < -0.4 is 5.73 Å². The Bertz CT molecular complexity index is 411. The van der Waals surface area contributed by atoms with Gasteiger partial charge >= 0.3 is 0 Å². The maximum absolute atomic E-state index is 13.2. The number of nitriles is 1. The van der Waals surface area contributed by atoms with Crippen molar-refractivity contribution in [2.75, 3.05) is 0 Å². The summed E-state index contributed by atoms with van der Waals surface area (Å²) >= 11 is 1.66. The van der Waals surface area contributed by atoms with E-state index >= 15 is 0 Å². The molecule has 0 bridgehead atoms. The third-order valence-electron chi connectivity index (χ3n) is 1.47. The number of nitrogens with two attached hydrogens (primary N) is 1. The molecule has 1 aromatic carbocycles. The van der Waals surface area contributed by atoms with Gasteiger partial charge in [-0.2, -0.15) is 5.26 Å². The van der Waals surface area contributed by atoms with E-state index in [0.29, 0.717) is 0 Å². The second-order valence-electron chi connectivity index (χ2n) is 2.26. The van der Waals surface area contributed by atoms with E-state index in [1.807, 2.05) is 0 Å². The standard InChI is InChI=1S/C8H4FIN2O/c9-6-5(8(12)13)2-1-4(3-11)7(6)10/h1-2H,(H2,12,13). The topological polar surface area (TPSA) is 66.9 Å². The minimum atomic E-state index is -0.833. The molecule has 0 saturated heterocycles. The molecule has 5 heteroatoms. The molecule has 0 spiro atoms. The molecule has 0 unspecified atom stereocenters. The second kappa shape index (κ2) is 3.70. The first-order chi connectivity index (χ1) is 6.07. The number of primary amides is 1. The summed E-state index contributed by atoms with van der Waals surface area (Å²) in [6, 6.07) is 4.38. The summed E-state index contributed by atoms with van der Waals surface area (Å²) < 4.78 is 13.4. The van der Waals surface area contributed by atoms with E-state index in [-0.39, 0.29) is 14.7 Å². The van der Waals surface area contributed by atoms with Crippen LogP contribution >= 0.6 is 22.6 Å². The number of carbonyl (C=O) groups is 1. The fourth-order valence-corrected chi connectivity index (χ4v) is 1.42. The van der Waals surface area contributed by atoms with Crippen molar-refractivity contribution < 1.29 is 9.18 Å². The van der Waals surface area contributed by atoms with Crippen molar-refractivity contribution >= 4 is 28.5 Å². The van der Waals surface area contributed by atoms with E-state index in [9.17, 15) is 9.18 Å². The van der Waals surface area contributed by atoms with Gasteiger partial charge in [-0.05, 0) is 34.7 Å². The molecular weight excluding hydrogens is 286 g/mol. The van der Waals surface area contributed by atoms with Gasteiger partial charge in [0, 0.05) is 0 Å². The molecule has 0 heterocycles. The molecule has 1 amide bonds. The molecule has 0 radical (unpaired) electrons. The minimum absolute atomic E-state index is 0.122.